The van der Waals surface area contributed by atoms with Gasteiger partial charge in [0.05, 0.1) is 5.92 Å². The van der Waals surface area contributed by atoms with Crippen molar-refractivity contribution in [3.8, 4) is 0 Å². The summed E-state index contributed by atoms with van der Waals surface area (Å²) in [4.78, 5) is 24.7. The van der Waals surface area contributed by atoms with E-state index in [9.17, 15) is 9.59 Å². The van der Waals surface area contributed by atoms with E-state index in [-0.39, 0.29) is 18.9 Å². The van der Waals surface area contributed by atoms with Crippen molar-refractivity contribution in [1.29, 1.82) is 0 Å². The first kappa shape index (κ1) is 12.9. The van der Waals surface area contributed by atoms with Crippen molar-refractivity contribution in [2.24, 2.45) is 5.92 Å². The summed E-state index contributed by atoms with van der Waals surface area (Å²) in [6.45, 7) is 0.218. The second-order valence-electron chi connectivity index (χ2n) is 5.52. The van der Waals surface area contributed by atoms with Crippen molar-refractivity contribution in [2.45, 2.75) is 6.42 Å². The highest BCUT2D eigenvalue weighted by Crippen LogP contribution is 2.33. The zero-order valence-electron chi connectivity index (χ0n) is 11.7. The lowest BCUT2D eigenvalue weighted by atomic mass is 10.1. The average molecular weight is 295 g/mol. The molecule has 22 heavy (non-hydrogen) atoms. The van der Waals surface area contributed by atoms with Crippen molar-refractivity contribution in [3.63, 3.8) is 0 Å². The Kier molecular flexibility index (Phi) is 2.69. The molecule has 0 spiro atoms. The number of hydrogen-bond acceptors (Lipinski definition) is 3. The summed E-state index contributed by atoms with van der Waals surface area (Å²) in [6, 6.07) is 13.2. The topological polar surface area (TPSA) is 70.8 Å². The van der Waals surface area contributed by atoms with E-state index in [2.05, 4.69) is 0 Å². The molecule has 0 saturated carbocycles. The summed E-state index contributed by atoms with van der Waals surface area (Å²) in [5.74, 6) is -1.71. The van der Waals surface area contributed by atoms with Gasteiger partial charge in [-0.3, -0.25) is 9.59 Å². The molecule has 110 valence electrons. The Bertz CT molecular complexity index is 911. The Balaban J connectivity index is 1.81. The van der Waals surface area contributed by atoms with Crippen LogP contribution >= 0.6 is 0 Å². The monoisotopic (exact) mass is 295 g/mol. The Morgan fingerprint density at radius 2 is 1.91 bits per heavy atom. The lowest BCUT2D eigenvalue weighted by Crippen LogP contribution is -2.25. The van der Waals surface area contributed by atoms with Crippen LogP contribution in [0.1, 0.15) is 6.42 Å². The van der Waals surface area contributed by atoms with Gasteiger partial charge in [0.15, 0.2) is 0 Å². The number of rotatable bonds is 2. The molecule has 1 atom stereocenters. The Hall–Kier alpha value is -2.82. The second kappa shape index (κ2) is 4.59. The SMILES string of the molecule is O=C(O)C1CC(=O)N(c2ccc3oc4ccccc4c3c2)C1. The van der Waals surface area contributed by atoms with Crippen LogP contribution in [0.25, 0.3) is 21.9 Å². The van der Waals surface area contributed by atoms with E-state index in [1.165, 1.54) is 0 Å². The molecular formula is C17H13NO4. The number of carbonyl (C=O) groups is 2. The lowest BCUT2D eigenvalue weighted by Gasteiger charge is -2.16. The van der Waals surface area contributed by atoms with Gasteiger partial charge < -0.3 is 14.4 Å². The number of nitrogens with zero attached hydrogens (tertiary/aromatic N) is 1. The fourth-order valence-electron chi connectivity index (χ4n) is 3.00. The molecular weight excluding hydrogens is 282 g/mol. The molecule has 1 unspecified atom stereocenters. The van der Waals surface area contributed by atoms with Crippen LogP contribution in [0.5, 0.6) is 0 Å². The second-order valence-corrected chi connectivity index (χ2v) is 5.52. The number of fused-ring (bicyclic) bond motifs is 3. The molecule has 2 aromatic carbocycles. The van der Waals surface area contributed by atoms with Crippen LogP contribution in [-0.4, -0.2) is 23.5 Å². The van der Waals surface area contributed by atoms with E-state index < -0.39 is 11.9 Å². The van der Waals surface area contributed by atoms with E-state index >= 15 is 0 Å². The number of furan rings is 1. The molecule has 1 aliphatic rings. The average Bonchev–Trinajstić information content (AvgIpc) is 3.07. The van der Waals surface area contributed by atoms with Gasteiger partial charge in [0, 0.05) is 29.4 Å². The highest BCUT2D eigenvalue weighted by molar-refractivity contribution is 6.08. The van der Waals surface area contributed by atoms with Crippen LogP contribution in [0.4, 0.5) is 5.69 Å². The van der Waals surface area contributed by atoms with Gasteiger partial charge in [-0.25, -0.2) is 0 Å². The molecule has 0 radical (unpaired) electrons. The minimum atomic E-state index is -0.925. The number of amides is 1. The lowest BCUT2D eigenvalue weighted by molar-refractivity contribution is -0.141. The fraction of sp³-hybridized carbons (Fsp3) is 0.176. The molecule has 1 N–H and O–H groups in total. The molecule has 0 aliphatic carbocycles. The molecule has 1 aromatic heterocycles. The van der Waals surface area contributed by atoms with Crippen LogP contribution in [0.3, 0.4) is 0 Å². The molecule has 5 heteroatoms. The highest BCUT2D eigenvalue weighted by atomic mass is 16.4. The first-order valence-corrected chi connectivity index (χ1v) is 7.08. The maximum absolute atomic E-state index is 12.1. The van der Waals surface area contributed by atoms with Gasteiger partial charge in [-0.1, -0.05) is 18.2 Å². The fourth-order valence-corrected chi connectivity index (χ4v) is 3.00. The van der Waals surface area contributed by atoms with Crippen molar-refractivity contribution < 1.29 is 19.1 Å². The molecule has 1 aliphatic heterocycles. The summed E-state index contributed by atoms with van der Waals surface area (Å²) >= 11 is 0. The van der Waals surface area contributed by atoms with Crippen LogP contribution in [-0.2, 0) is 9.59 Å². The number of carboxylic acids is 1. The predicted octanol–water partition coefficient (Wildman–Crippen LogP) is 3.02. The maximum atomic E-state index is 12.1. The van der Waals surface area contributed by atoms with E-state index in [0.717, 1.165) is 21.9 Å². The first-order chi connectivity index (χ1) is 10.6. The number of carbonyl (C=O) groups excluding carboxylic acids is 1. The zero-order chi connectivity index (χ0) is 15.3. The molecule has 5 nitrogen and oxygen atoms in total. The van der Waals surface area contributed by atoms with Gasteiger partial charge in [-0.2, -0.15) is 0 Å². The third kappa shape index (κ3) is 1.86. The van der Waals surface area contributed by atoms with Crippen LogP contribution < -0.4 is 4.90 Å². The number of para-hydroxylation sites is 1. The normalized spacial score (nSPS) is 18.5. The van der Waals surface area contributed by atoms with Gasteiger partial charge in [0.1, 0.15) is 11.2 Å². The zero-order valence-corrected chi connectivity index (χ0v) is 11.7. The van der Waals surface area contributed by atoms with E-state index in [1.54, 1.807) is 11.0 Å². The minimum absolute atomic E-state index is 0.0551. The Morgan fingerprint density at radius 3 is 2.68 bits per heavy atom. The summed E-state index contributed by atoms with van der Waals surface area (Å²) in [7, 11) is 0. The molecule has 1 fully saturated rings. The van der Waals surface area contributed by atoms with Crippen molar-refractivity contribution in [2.75, 3.05) is 11.4 Å². The number of benzene rings is 2. The van der Waals surface area contributed by atoms with E-state index in [0.29, 0.717) is 5.69 Å². The first-order valence-electron chi connectivity index (χ1n) is 7.08. The van der Waals surface area contributed by atoms with Gasteiger partial charge >= 0.3 is 5.97 Å². The molecule has 4 rings (SSSR count). The largest absolute Gasteiger partial charge is 0.481 e. The molecule has 3 aromatic rings. The van der Waals surface area contributed by atoms with Gasteiger partial charge in [0.25, 0.3) is 0 Å². The Labute approximate surface area is 125 Å². The van der Waals surface area contributed by atoms with Crippen LogP contribution in [0.15, 0.2) is 46.9 Å². The van der Waals surface area contributed by atoms with Crippen LogP contribution in [0.2, 0.25) is 0 Å². The molecule has 0 bridgehead atoms. The number of aliphatic carboxylic acids is 1. The maximum Gasteiger partial charge on any atom is 0.308 e. The molecule has 1 saturated heterocycles. The van der Waals surface area contributed by atoms with Crippen molar-refractivity contribution in [1.82, 2.24) is 0 Å². The number of anilines is 1. The minimum Gasteiger partial charge on any atom is -0.481 e. The van der Waals surface area contributed by atoms with E-state index in [1.807, 2.05) is 36.4 Å². The smallest absolute Gasteiger partial charge is 0.308 e. The van der Waals surface area contributed by atoms with Crippen molar-refractivity contribution in [3.05, 3.63) is 42.5 Å². The molecule has 2 heterocycles. The number of carboxylic acid groups (broad SMARTS) is 1. The summed E-state index contributed by atoms with van der Waals surface area (Å²) in [5.41, 5.74) is 2.27. The highest BCUT2D eigenvalue weighted by Gasteiger charge is 2.35. The third-order valence-corrected chi connectivity index (χ3v) is 4.15. The third-order valence-electron chi connectivity index (χ3n) is 4.15. The van der Waals surface area contributed by atoms with E-state index in [4.69, 9.17) is 9.52 Å². The van der Waals surface area contributed by atoms with Gasteiger partial charge in [-0.15, -0.1) is 0 Å². The van der Waals surface area contributed by atoms with Crippen molar-refractivity contribution >= 4 is 39.5 Å². The quantitative estimate of drug-likeness (QED) is 0.789. The predicted molar refractivity (Wildman–Crippen MR) is 81.8 cm³/mol. The van der Waals surface area contributed by atoms with Gasteiger partial charge in [0.2, 0.25) is 5.91 Å². The summed E-state index contributed by atoms with van der Waals surface area (Å²) < 4.78 is 5.76. The standard InChI is InChI=1S/C17H13NO4/c19-16-7-10(17(20)21)9-18(16)11-5-6-15-13(8-11)12-3-1-2-4-14(12)22-15/h1-6,8,10H,7,9H2,(H,20,21). The van der Waals surface area contributed by atoms with Gasteiger partial charge in [-0.05, 0) is 24.3 Å². The Morgan fingerprint density at radius 1 is 1.14 bits per heavy atom. The summed E-state index contributed by atoms with van der Waals surface area (Å²) in [5, 5.41) is 11.0. The van der Waals surface area contributed by atoms with Crippen LogP contribution in [0, 0.1) is 5.92 Å². The number of hydrogen-bond donors (Lipinski definition) is 1. The summed E-state index contributed by atoms with van der Waals surface area (Å²) in [6.07, 6.45) is 0.0551. The molecule has 1 amide bonds.